The Morgan fingerprint density at radius 3 is 2.14 bits per heavy atom. The molecule has 4 rings (SSSR count). The third-order valence-electron chi connectivity index (χ3n) is 6.40. The van der Waals surface area contributed by atoms with Gasteiger partial charge in [0.05, 0.1) is 11.3 Å². The Morgan fingerprint density at radius 2 is 1.57 bits per heavy atom. The molecule has 1 unspecified atom stereocenters. The highest BCUT2D eigenvalue weighted by Crippen LogP contribution is 2.44. The van der Waals surface area contributed by atoms with Gasteiger partial charge in [0, 0.05) is 5.92 Å². The monoisotopic (exact) mass is 476 g/mol. The first-order chi connectivity index (χ1) is 16.7. The van der Waals surface area contributed by atoms with Crippen LogP contribution in [0.3, 0.4) is 0 Å². The topological polar surface area (TPSA) is 105 Å². The molecule has 1 aliphatic rings. The van der Waals surface area contributed by atoms with Crippen molar-refractivity contribution in [2.45, 2.75) is 31.7 Å². The first-order valence-electron chi connectivity index (χ1n) is 11.2. The van der Waals surface area contributed by atoms with E-state index in [0.717, 1.165) is 28.3 Å². The van der Waals surface area contributed by atoms with Crippen LogP contribution < -0.4 is 10.6 Å². The van der Waals surface area contributed by atoms with E-state index in [-0.39, 0.29) is 30.2 Å². The Bertz CT molecular complexity index is 1260. The third-order valence-corrected chi connectivity index (χ3v) is 6.40. The lowest BCUT2D eigenvalue weighted by Gasteiger charge is -2.25. The van der Waals surface area contributed by atoms with Gasteiger partial charge in [-0.1, -0.05) is 61.5 Å². The Morgan fingerprint density at radius 1 is 0.971 bits per heavy atom. The zero-order valence-electron chi connectivity index (χ0n) is 19.3. The summed E-state index contributed by atoms with van der Waals surface area (Å²) >= 11 is 0. The van der Waals surface area contributed by atoms with Crippen LogP contribution >= 0.6 is 0 Å². The van der Waals surface area contributed by atoms with Gasteiger partial charge in [-0.15, -0.1) is 0 Å². The minimum atomic E-state index is -1.55. The van der Waals surface area contributed by atoms with Crippen LogP contribution in [0.15, 0.2) is 66.7 Å². The minimum Gasteiger partial charge on any atom is -0.480 e. The molecule has 3 aromatic carbocycles. The van der Waals surface area contributed by atoms with Gasteiger partial charge in [-0.2, -0.15) is 0 Å². The van der Waals surface area contributed by atoms with E-state index < -0.39 is 29.3 Å². The number of ether oxygens (including phenoxy) is 1. The highest BCUT2D eigenvalue weighted by Gasteiger charge is 2.34. The van der Waals surface area contributed by atoms with E-state index in [1.165, 1.54) is 19.1 Å². The van der Waals surface area contributed by atoms with Crippen molar-refractivity contribution in [2.24, 2.45) is 0 Å². The lowest BCUT2D eigenvalue weighted by Crippen LogP contribution is -2.51. The summed E-state index contributed by atoms with van der Waals surface area (Å²) in [7, 11) is 0. The van der Waals surface area contributed by atoms with Crippen molar-refractivity contribution in [1.29, 1.82) is 0 Å². The molecule has 3 aromatic rings. The third kappa shape index (κ3) is 4.59. The molecule has 35 heavy (non-hydrogen) atoms. The summed E-state index contributed by atoms with van der Waals surface area (Å²) < 4.78 is 20.1. The summed E-state index contributed by atoms with van der Waals surface area (Å²) in [6.45, 7) is 2.98. The maximum atomic E-state index is 14.6. The van der Waals surface area contributed by atoms with E-state index in [1.807, 2.05) is 48.5 Å². The van der Waals surface area contributed by atoms with E-state index in [4.69, 9.17) is 4.74 Å². The standard InChI is InChI=1S/C27H25FN2O5/c1-3-27(2,25(32)33)30-24(31)20-13-8-14-22(28)23(20)29-26(34)35-15-21-18-11-6-4-9-16(18)17-10-5-7-12-19(17)21/h4-14,21H,3,15H2,1-2H3,(H,29,34)(H,30,31)(H,32,33). The average molecular weight is 477 g/mol. The van der Waals surface area contributed by atoms with Crippen LogP contribution in [0.2, 0.25) is 0 Å². The van der Waals surface area contributed by atoms with Crippen LogP contribution in [0.1, 0.15) is 47.7 Å². The highest BCUT2D eigenvalue weighted by atomic mass is 19.1. The fourth-order valence-corrected chi connectivity index (χ4v) is 4.19. The van der Waals surface area contributed by atoms with Crippen molar-refractivity contribution >= 4 is 23.7 Å². The molecule has 0 bridgehead atoms. The zero-order valence-corrected chi connectivity index (χ0v) is 19.3. The maximum absolute atomic E-state index is 14.6. The molecule has 0 saturated heterocycles. The minimum absolute atomic E-state index is 0.0166. The first-order valence-corrected chi connectivity index (χ1v) is 11.2. The number of nitrogens with one attached hydrogen (secondary N) is 2. The van der Waals surface area contributed by atoms with Gasteiger partial charge in [0.1, 0.15) is 18.0 Å². The molecule has 0 saturated carbocycles. The number of anilines is 1. The van der Waals surface area contributed by atoms with Gasteiger partial charge in [-0.25, -0.2) is 14.0 Å². The Labute approximate surface area is 201 Å². The molecule has 0 radical (unpaired) electrons. The largest absolute Gasteiger partial charge is 0.480 e. The number of aliphatic carboxylic acids is 1. The quantitative estimate of drug-likeness (QED) is 0.436. The molecule has 7 nitrogen and oxygen atoms in total. The summed E-state index contributed by atoms with van der Waals surface area (Å²) in [6.07, 6.45) is -0.819. The van der Waals surface area contributed by atoms with Crippen LogP contribution in [-0.4, -0.2) is 35.2 Å². The normalized spacial score (nSPS) is 13.8. The van der Waals surface area contributed by atoms with Crippen LogP contribution in [0.4, 0.5) is 14.9 Å². The average Bonchev–Trinajstić information content (AvgIpc) is 3.17. The summed E-state index contributed by atoms with van der Waals surface area (Å²) in [5.74, 6) is -3.09. The number of para-hydroxylation sites is 1. The number of fused-ring (bicyclic) bond motifs is 3. The number of halogens is 1. The summed E-state index contributed by atoms with van der Waals surface area (Å²) in [5.41, 5.74) is 2.06. The molecule has 1 aliphatic carbocycles. The molecule has 180 valence electrons. The van der Waals surface area contributed by atoms with Crippen molar-refractivity contribution in [3.05, 3.63) is 89.2 Å². The lowest BCUT2D eigenvalue weighted by atomic mass is 9.98. The predicted molar refractivity (Wildman–Crippen MR) is 129 cm³/mol. The molecule has 8 heteroatoms. The van der Waals surface area contributed by atoms with Gasteiger partial charge in [0.2, 0.25) is 0 Å². The van der Waals surface area contributed by atoms with E-state index in [9.17, 15) is 23.9 Å². The van der Waals surface area contributed by atoms with Crippen LogP contribution in [0.5, 0.6) is 0 Å². The molecule has 0 heterocycles. The molecular formula is C27H25FN2O5. The van der Waals surface area contributed by atoms with Crippen molar-refractivity contribution in [3.8, 4) is 11.1 Å². The van der Waals surface area contributed by atoms with Gasteiger partial charge in [0.25, 0.3) is 5.91 Å². The van der Waals surface area contributed by atoms with Crippen LogP contribution in [0.25, 0.3) is 11.1 Å². The second-order valence-electron chi connectivity index (χ2n) is 8.56. The van der Waals surface area contributed by atoms with Gasteiger partial charge >= 0.3 is 12.1 Å². The second-order valence-corrected chi connectivity index (χ2v) is 8.56. The summed E-state index contributed by atoms with van der Waals surface area (Å²) in [5, 5.41) is 14.2. The number of carboxylic acid groups (broad SMARTS) is 1. The van der Waals surface area contributed by atoms with Crippen LogP contribution in [0, 0.1) is 5.82 Å². The number of rotatable bonds is 7. The molecule has 0 aliphatic heterocycles. The van der Waals surface area contributed by atoms with Gasteiger partial charge in [-0.3, -0.25) is 10.1 Å². The summed E-state index contributed by atoms with van der Waals surface area (Å²) in [6, 6.07) is 19.4. The van der Waals surface area contributed by atoms with Crippen molar-refractivity contribution in [2.75, 3.05) is 11.9 Å². The molecule has 0 fully saturated rings. The van der Waals surface area contributed by atoms with Gasteiger partial charge in [0.15, 0.2) is 0 Å². The molecule has 1 atom stereocenters. The SMILES string of the molecule is CCC(C)(NC(=O)c1cccc(F)c1NC(=O)OCC1c2ccccc2-c2ccccc21)C(=O)O. The molecule has 2 amide bonds. The number of carboxylic acids is 1. The van der Waals surface area contributed by atoms with Gasteiger partial charge in [-0.05, 0) is 47.7 Å². The van der Waals surface area contributed by atoms with Crippen molar-refractivity contribution in [1.82, 2.24) is 5.32 Å². The first kappa shape index (κ1) is 23.9. The number of hydrogen-bond acceptors (Lipinski definition) is 4. The van der Waals surface area contributed by atoms with Crippen molar-refractivity contribution < 1.29 is 28.6 Å². The predicted octanol–water partition coefficient (Wildman–Crippen LogP) is 5.17. The maximum Gasteiger partial charge on any atom is 0.411 e. The number of benzene rings is 3. The van der Waals surface area contributed by atoms with E-state index in [1.54, 1.807) is 6.92 Å². The number of carbonyl (C=O) groups excluding carboxylic acids is 2. The van der Waals surface area contributed by atoms with Crippen molar-refractivity contribution in [3.63, 3.8) is 0 Å². The Balaban J connectivity index is 1.51. The van der Waals surface area contributed by atoms with E-state index in [0.29, 0.717) is 0 Å². The summed E-state index contributed by atoms with van der Waals surface area (Å²) in [4.78, 5) is 37.0. The van der Waals surface area contributed by atoms with Gasteiger partial charge < -0.3 is 15.2 Å². The number of carbonyl (C=O) groups is 3. The molecule has 3 N–H and O–H groups in total. The fourth-order valence-electron chi connectivity index (χ4n) is 4.19. The molecule has 0 aromatic heterocycles. The van der Waals surface area contributed by atoms with E-state index >= 15 is 0 Å². The second kappa shape index (κ2) is 9.58. The molecule has 0 spiro atoms. The van der Waals surface area contributed by atoms with E-state index in [2.05, 4.69) is 10.6 Å². The fraction of sp³-hybridized carbons (Fsp3) is 0.222. The number of hydrogen-bond donors (Lipinski definition) is 3. The smallest absolute Gasteiger partial charge is 0.411 e. The van der Waals surface area contributed by atoms with Crippen LogP contribution in [-0.2, 0) is 9.53 Å². The zero-order chi connectivity index (χ0) is 25.2. The Hall–Kier alpha value is -4.20. The highest BCUT2D eigenvalue weighted by molar-refractivity contribution is 6.04. The lowest BCUT2D eigenvalue weighted by molar-refractivity contribution is -0.143. The molecular weight excluding hydrogens is 451 g/mol. The number of amides is 2. The Kier molecular flexibility index (Phi) is 6.55.